The van der Waals surface area contributed by atoms with Gasteiger partial charge in [0.2, 0.25) is 0 Å². The maximum absolute atomic E-state index is 6.60. The van der Waals surface area contributed by atoms with Crippen molar-refractivity contribution in [2.24, 2.45) is 11.7 Å². The van der Waals surface area contributed by atoms with Gasteiger partial charge in [0.1, 0.15) is 0 Å². The molecular formula is C13H17NO. The van der Waals surface area contributed by atoms with Gasteiger partial charge in [-0.15, -0.1) is 0 Å². The number of nitrogens with two attached hydrogens (primary N) is 1. The van der Waals surface area contributed by atoms with Gasteiger partial charge in [-0.05, 0) is 30.4 Å². The maximum Gasteiger partial charge on any atom is 0.0516 e. The van der Waals surface area contributed by atoms with E-state index in [-0.39, 0.29) is 5.54 Å². The summed E-state index contributed by atoms with van der Waals surface area (Å²) >= 11 is 0. The topological polar surface area (TPSA) is 35.2 Å². The van der Waals surface area contributed by atoms with Crippen molar-refractivity contribution in [2.45, 2.75) is 24.8 Å². The molecule has 0 spiro atoms. The summed E-state index contributed by atoms with van der Waals surface area (Å²) in [4.78, 5) is 0. The van der Waals surface area contributed by atoms with Gasteiger partial charge in [0.25, 0.3) is 0 Å². The number of ether oxygens (including phenoxy) is 1. The molecule has 1 saturated heterocycles. The fourth-order valence-corrected chi connectivity index (χ4v) is 3.03. The molecule has 80 valence electrons. The smallest absolute Gasteiger partial charge is 0.0516 e. The fourth-order valence-electron chi connectivity index (χ4n) is 3.03. The first kappa shape index (κ1) is 9.37. The van der Waals surface area contributed by atoms with Gasteiger partial charge < -0.3 is 10.5 Å². The van der Waals surface area contributed by atoms with Crippen LogP contribution in [0, 0.1) is 5.92 Å². The number of hydrogen-bond donors (Lipinski definition) is 1. The number of benzene rings is 1. The van der Waals surface area contributed by atoms with E-state index < -0.39 is 0 Å². The van der Waals surface area contributed by atoms with Crippen LogP contribution in [0.3, 0.4) is 0 Å². The van der Waals surface area contributed by atoms with E-state index in [0.29, 0.717) is 5.92 Å². The highest BCUT2D eigenvalue weighted by Crippen LogP contribution is 2.42. The number of hydrogen-bond acceptors (Lipinski definition) is 2. The predicted molar refractivity (Wildman–Crippen MR) is 59.6 cm³/mol. The third-order valence-electron chi connectivity index (χ3n) is 3.99. The fraction of sp³-hybridized carbons (Fsp3) is 0.538. The van der Waals surface area contributed by atoms with Crippen molar-refractivity contribution in [3.8, 4) is 0 Å². The summed E-state index contributed by atoms with van der Waals surface area (Å²) in [6.07, 6.45) is 3.33. The van der Waals surface area contributed by atoms with Gasteiger partial charge in [0.15, 0.2) is 0 Å². The van der Waals surface area contributed by atoms with Gasteiger partial charge >= 0.3 is 0 Å². The average Bonchev–Trinajstić information content (AvgIpc) is 2.88. The van der Waals surface area contributed by atoms with Crippen LogP contribution in [0.1, 0.15) is 24.0 Å². The molecule has 1 fully saturated rings. The number of aryl methyl sites for hydroxylation is 1. The Kier molecular flexibility index (Phi) is 2.08. The minimum absolute atomic E-state index is 0.118. The Bertz CT molecular complexity index is 371. The monoisotopic (exact) mass is 203 g/mol. The van der Waals surface area contributed by atoms with Crippen molar-refractivity contribution >= 4 is 0 Å². The lowest BCUT2D eigenvalue weighted by atomic mass is 9.79. The quantitative estimate of drug-likeness (QED) is 0.755. The second-order valence-corrected chi connectivity index (χ2v) is 4.76. The second-order valence-electron chi connectivity index (χ2n) is 4.76. The molecule has 2 aliphatic rings. The van der Waals surface area contributed by atoms with E-state index in [2.05, 4.69) is 24.3 Å². The summed E-state index contributed by atoms with van der Waals surface area (Å²) in [5, 5.41) is 0. The van der Waals surface area contributed by atoms with Crippen LogP contribution in [0.15, 0.2) is 24.3 Å². The van der Waals surface area contributed by atoms with Crippen molar-refractivity contribution in [3.05, 3.63) is 35.4 Å². The zero-order chi connectivity index (χ0) is 10.3. The van der Waals surface area contributed by atoms with E-state index in [1.165, 1.54) is 11.1 Å². The van der Waals surface area contributed by atoms with E-state index in [4.69, 9.17) is 10.5 Å². The van der Waals surface area contributed by atoms with E-state index >= 15 is 0 Å². The molecule has 0 bridgehead atoms. The minimum atomic E-state index is -0.118. The summed E-state index contributed by atoms with van der Waals surface area (Å²) in [6.45, 7) is 1.72. The van der Waals surface area contributed by atoms with Gasteiger partial charge in [-0.1, -0.05) is 24.3 Å². The summed E-state index contributed by atoms with van der Waals surface area (Å²) in [7, 11) is 0. The molecule has 2 N–H and O–H groups in total. The van der Waals surface area contributed by atoms with Crippen molar-refractivity contribution in [2.75, 3.05) is 13.2 Å². The van der Waals surface area contributed by atoms with Crippen LogP contribution in [0.25, 0.3) is 0 Å². The van der Waals surface area contributed by atoms with Crippen molar-refractivity contribution < 1.29 is 4.74 Å². The predicted octanol–water partition coefficient (Wildman–Crippen LogP) is 1.82. The molecule has 0 saturated carbocycles. The molecule has 0 radical (unpaired) electrons. The molecule has 2 atom stereocenters. The van der Waals surface area contributed by atoms with Crippen molar-refractivity contribution in [1.82, 2.24) is 0 Å². The Labute approximate surface area is 90.4 Å². The Balaban J connectivity index is 2.00. The first-order valence-corrected chi connectivity index (χ1v) is 5.76. The summed E-state index contributed by atoms with van der Waals surface area (Å²) in [5.41, 5.74) is 9.28. The van der Waals surface area contributed by atoms with Gasteiger partial charge in [0.05, 0.1) is 6.61 Å². The standard InChI is InChI=1S/C13H17NO/c14-13(11-6-8-15-9-11)7-5-10-3-1-2-4-12(10)13/h1-4,11H,5-9,14H2. The zero-order valence-corrected chi connectivity index (χ0v) is 8.91. The molecule has 2 heteroatoms. The van der Waals surface area contributed by atoms with Gasteiger partial charge in [-0.3, -0.25) is 0 Å². The average molecular weight is 203 g/mol. The van der Waals surface area contributed by atoms with E-state index in [1.54, 1.807) is 0 Å². The summed E-state index contributed by atoms with van der Waals surface area (Å²) in [6, 6.07) is 8.61. The van der Waals surface area contributed by atoms with Crippen LogP contribution in [-0.2, 0) is 16.7 Å². The van der Waals surface area contributed by atoms with Crippen molar-refractivity contribution in [1.29, 1.82) is 0 Å². The molecule has 1 heterocycles. The van der Waals surface area contributed by atoms with Crippen LogP contribution in [0.4, 0.5) is 0 Å². The largest absolute Gasteiger partial charge is 0.381 e. The first-order chi connectivity index (χ1) is 7.31. The van der Waals surface area contributed by atoms with Crippen LogP contribution >= 0.6 is 0 Å². The van der Waals surface area contributed by atoms with Crippen LogP contribution in [-0.4, -0.2) is 13.2 Å². The highest BCUT2D eigenvalue weighted by molar-refractivity contribution is 5.39. The SMILES string of the molecule is NC1(C2CCOC2)CCc2ccccc21. The van der Waals surface area contributed by atoms with Gasteiger partial charge in [-0.25, -0.2) is 0 Å². The Hall–Kier alpha value is -0.860. The molecule has 0 amide bonds. The third-order valence-corrected chi connectivity index (χ3v) is 3.99. The van der Waals surface area contributed by atoms with E-state index in [9.17, 15) is 0 Å². The third kappa shape index (κ3) is 1.32. The highest BCUT2D eigenvalue weighted by Gasteiger charge is 2.42. The summed E-state index contributed by atoms with van der Waals surface area (Å²) in [5.74, 6) is 0.515. The molecule has 1 aromatic carbocycles. The molecule has 1 aliphatic heterocycles. The zero-order valence-electron chi connectivity index (χ0n) is 8.91. The molecule has 2 unspecified atom stereocenters. The maximum atomic E-state index is 6.60. The lowest BCUT2D eigenvalue weighted by Gasteiger charge is -2.31. The molecular weight excluding hydrogens is 186 g/mol. The minimum Gasteiger partial charge on any atom is -0.381 e. The molecule has 0 aromatic heterocycles. The molecule has 15 heavy (non-hydrogen) atoms. The number of rotatable bonds is 1. The number of fused-ring (bicyclic) bond motifs is 1. The Morgan fingerprint density at radius 1 is 1.33 bits per heavy atom. The lowest BCUT2D eigenvalue weighted by molar-refractivity contribution is 0.161. The Morgan fingerprint density at radius 3 is 3.00 bits per heavy atom. The van der Waals surface area contributed by atoms with Crippen LogP contribution < -0.4 is 5.73 Å². The normalized spacial score (nSPS) is 34.3. The highest BCUT2D eigenvalue weighted by atomic mass is 16.5. The molecule has 3 rings (SSSR count). The van der Waals surface area contributed by atoms with Crippen LogP contribution in [0.5, 0.6) is 0 Å². The van der Waals surface area contributed by atoms with E-state index in [0.717, 1.165) is 32.5 Å². The molecule has 1 aliphatic carbocycles. The van der Waals surface area contributed by atoms with Gasteiger partial charge in [0, 0.05) is 18.1 Å². The van der Waals surface area contributed by atoms with Crippen LogP contribution in [0.2, 0.25) is 0 Å². The van der Waals surface area contributed by atoms with Gasteiger partial charge in [-0.2, -0.15) is 0 Å². The first-order valence-electron chi connectivity index (χ1n) is 5.76. The Morgan fingerprint density at radius 2 is 2.20 bits per heavy atom. The summed E-state index contributed by atoms with van der Waals surface area (Å²) < 4.78 is 5.47. The molecule has 1 aromatic rings. The lowest BCUT2D eigenvalue weighted by Crippen LogP contribution is -2.42. The second kappa shape index (κ2) is 3.32. The van der Waals surface area contributed by atoms with E-state index in [1.807, 2.05) is 0 Å². The van der Waals surface area contributed by atoms with Crippen molar-refractivity contribution in [3.63, 3.8) is 0 Å². The molecule has 2 nitrogen and oxygen atoms in total.